The predicted octanol–water partition coefficient (Wildman–Crippen LogP) is 19.2. The highest BCUT2D eigenvalue weighted by Crippen LogP contribution is 2.55. The maximum Gasteiger partial charge on any atom is 0.168 e. The first-order chi connectivity index (χ1) is 46.7. The minimum absolute atomic E-state index is 0.416. The number of fused-ring (bicyclic) bond motifs is 12. The van der Waals surface area contributed by atoms with Crippen molar-refractivity contribution in [3.05, 3.63) is 304 Å². The highest BCUT2D eigenvalue weighted by Gasteiger charge is 2.37. The van der Waals surface area contributed by atoms with Gasteiger partial charge in [-0.2, -0.15) is 0 Å². The van der Waals surface area contributed by atoms with E-state index >= 15 is 0 Å². The number of aromatic nitrogens is 12. The molecule has 19 rings (SSSR count). The van der Waals surface area contributed by atoms with Crippen molar-refractivity contribution >= 4 is 87.7 Å². The number of nitrogens with zero attached hydrogens (tertiary/aromatic N) is 12. The summed E-state index contributed by atoms with van der Waals surface area (Å²) in [5.74, 6) is 1.41. The van der Waals surface area contributed by atoms with Crippen LogP contribution in [0.25, 0.3) is 178 Å². The molecule has 0 fully saturated rings. The first kappa shape index (κ1) is 52.8. The van der Waals surface area contributed by atoms with Gasteiger partial charge in [0.15, 0.2) is 17.5 Å². The summed E-state index contributed by atoms with van der Waals surface area (Å²) in [6.07, 6.45) is 7.56. The lowest BCUT2D eigenvalue weighted by Crippen LogP contribution is -2.17. The Labute approximate surface area is 537 Å². The van der Waals surface area contributed by atoms with Gasteiger partial charge in [-0.15, -0.1) is 0 Å². The molecule has 0 saturated carbocycles. The molecular formula is C82H50N12. The van der Waals surface area contributed by atoms with Crippen LogP contribution in [0.15, 0.2) is 304 Å². The van der Waals surface area contributed by atoms with Gasteiger partial charge in [0.2, 0.25) is 0 Å². The molecule has 94 heavy (non-hydrogen) atoms. The molecule has 0 saturated heterocycles. The summed E-state index contributed by atoms with van der Waals surface area (Å²) in [7, 11) is 0. The Kier molecular flexibility index (Phi) is 12.0. The van der Waals surface area contributed by atoms with Crippen molar-refractivity contribution in [2.75, 3.05) is 0 Å². The predicted molar refractivity (Wildman–Crippen MR) is 379 cm³/mol. The molecule has 438 valence electrons. The molecule has 12 heteroatoms. The van der Waals surface area contributed by atoms with E-state index in [0.717, 1.165) is 155 Å². The molecule has 10 heterocycles. The van der Waals surface area contributed by atoms with E-state index in [1.165, 1.54) is 0 Å². The molecule has 0 aliphatic heterocycles. The van der Waals surface area contributed by atoms with Crippen molar-refractivity contribution in [2.45, 2.75) is 0 Å². The van der Waals surface area contributed by atoms with E-state index in [4.69, 9.17) is 39.9 Å². The van der Waals surface area contributed by atoms with E-state index in [-0.39, 0.29) is 0 Å². The molecule has 9 aromatic carbocycles. The summed E-state index contributed by atoms with van der Waals surface area (Å²) in [6, 6.07) is 97.4. The van der Waals surface area contributed by atoms with E-state index in [0.29, 0.717) is 23.0 Å². The Morgan fingerprint density at radius 1 is 0.202 bits per heavy atom. The molecule has 19 aromatic rings. The summed E-state index contributed by atoms with van der Waals surface area (Å²) in [4.78, 5) is 44.2. The van der Waals surface area contributed by atoms with E-state index in [1.54, 1.807) is 0 Å². The van der Waals surface area contributed by atoms with Gasteiger partial charge in [-0.05, 0) is 90.5 Å². The second-order valence-electron chi connectivity index (χ2n) is 23.4. The van der Waals surface area contributed by atoms with Crippen LogP contribution in [0.5, 0.6) is 0 Å². The fourth-order valence-electron chi connectivity index (χ4n) is 14.3. The van der Waals surface area contributed by atoms with Crippen LogP contribution in [0, 0.1) is 0 Å². The zero-order chi connectivity index (χ0) is 61.8. The molecule has 0 amide bonds. The molecule has 0 unspecified atom stereocenters. The number of hydrogen-bond donors (Lipinski definition) is 0. The minimum Gasteiger partial charge on any atom is -0.306 e. The Morgan fingerprint density at radius 3 is 0.862 bits per heavy atom. The zero-order valence-electron chi connectivity index (χ0n) is 50.2. The molecule has 0 bridgehead atoms. The maximum absolute atomic E-state index is 5.93. The molecule has 10 aromatic heterocycles. The lowest BCUT2D eigenvalue weighted by Gasteiger charge is -2.31. The van der Waals surface area contributed by atoms with Gasteiger partial charge in [0.05, 0.1) is 106 Å². The van der Waals surface area contributed by atoms with Gasteiger partial charge >= 0.3 is 0 Å². The van der Waals surface area contributed by atoms with Crippen LogP contribution >= 0.6 is 0 Å². The SMILES string of the molecule is c1ccc(-c2cc(-c3c(-n4c5ccccc5c5ncccc54)c(-c4nc(-c5ccccc5)nc(-c5ccccc5)n4)c(-n4c5ccccc5c5ncccc54)c(-n4c5ccccc5c5ncccc54)c3-n3c4ccccc4c4ncccc43)cc(-c3ccccc3)n2)cc1. The van der Waals surface area contributed by atoms with Gasteiger partial charge in [0.25, 0.3) is 0 Å². The molecular weight excluding hydrogens is 1150 g/mol. The van der Waals surface area contributed by atoms with Crippen molar-refractivity contribution in [3.63, 3.8) is 0 Å². The van der Waals surface area contributed by atoms with Crippen molar-refractivity contribution in [1.29, 1.82) is 0 Å². The highest BCUT2D eigenvalue weighted by atomic mass is 15.2. The second-order valence-corrected chi connectivity index (χ2v) is 23.4. The van der Waals surface area contributed by atoms with E-state index in [2.05, 4.69) is 237 Å². The molecule has 0 radical (unpaired) electrons. The Hall–Kier alpha value is -13.1. The van der Waals surface area contributed by atoms with Crippen LogP contribution in [0.4, 0.5) is 0 Å². The molecule has 0 aliphatic carbocycles. The van der Waals surface area contributed by atoms with Gasteiger partial charge in [-0.25, -0.2) is 19.9 Å². The topological polar surface area (TPSA) is 123 Å². The molecule has 0 atom stereocenters. The molecule has 12 nitrogen and oxygen atoms in total. The normalized spacial score (nSPS) is 11.8. The number of hydrogen-bond acceptors (Lipinski definition) is 8. The van der Waals surface area contributed by atoms with Gasteiger partial charge in [-0.3, -0.25) is 19.9 Å². The number of para-hydroxylation sites is 4. The van der Waals surface area contributed by atoms with Crippen LogP contribution in [0.2, 0.25) is 0 Å². The van der Waals surface area contributed by atoms with Crippen LogP contribution in [0.1, 0.15) is 0 Å². The molecule has 0 spiro atoms. The highest BCUT2D eigenvalue weighted by molar-refractivity contribution is 6.17. The summed E-state index contributed by atoms with van der Waals surface area (Å²) in [5.41, 5.74) is 21.2. The standard InChI is InChI=1S/C82H50N12/c1-5-25-51(26-6-1)60-49-55(50-61(87-60)52-27-7-2-8-28-52)70-76(91-62-37-17-13-33-56(62)72-66(91)41-21-45-83-72)71(82-89-80(53-29-9-3-10-30-53)88-81(90-82)54-31-11-4-12-32-54)78(93-64-39-19-15-35-58(64)74-68(93)43-23-47-85-74)79(94-65-40-20-16-36-59(65)75-69(94)44-24-48-86-75)77(70)92-63-38-18-14-34-57(63)73-67(92)42-22-46-84-73/h1-50H. The van der Waals surface area contributed by atoms with Gasteiger partial charge in [-0.1, -0.05) is 194 Å². The van der Waals surface area contributed by atoms with Crippen molar-refractivity contribution in [3.8, 4) is 90.6 Å². The quantitative estimate of drug-likeness (QED) is 0.133. The van der Waals surface area contributed by atoms with Crippen LogP contribution < -0.4 is 0 Å². The van der Waals surface area contributed by atoms with E-state index in [9.17, 15) is 0 Å². The number of benzene rings is 9. The fraction of sp³-hybridized carbons (Fsp3) is 0. The van der Waals surface area contributed by atoms with E-state index < -0.39 is 0 Å². The second kappa shape index (κ2) is 21.3. The fourth-order valence-corrected chi connectivity index (χ4v) is 14.3. The average molecular weight is 1200 g/mol. The third-order valence-corrected chi connectivity index (χ3v) is 18.2. The Morgan fingerprint density at radius 2 is 0.489 bits per heavy atom. The van der Waals surface area contributed by atoms with Crippen LogP contribution in [0.3, 0.4) is 0 Å². The lowest BCUT2D eigenvalue weighted by atomic mass is 9.91. The average Bonchev–Trinajstić information content (AvgIpc) is 1.40. The summed E-state index contributed by atoms with van der Waals surface area (Å²) < 4.78 is 9.73. The number of rotatable bonds is 10. The van der Waals surface area contributed by atoms with Crippen LogP contribution in [-0.4, -0.2) is 58.1 Å². The maximum atomic E-state index is 5.93. The van der Waals surface area contributed by atoms with Crippen molar-refractivity contribution in [2.24, 2.45) is 0 Å². The van der Waals surface area contributed by atoms with Crippen molar-refractivity contribution < 1.29 is 0 Å². The Balaban J connectivity index is 1.19. The van der Waals surface area contributed by atoms with Gasteiger partial charge in [0.1, 0.15) is 0 Å². The lowest BCUT2D eigenvalue weighted by molar-refractivity contribution is 1.02. The monoisotopic (exact) mass is 1200 g/mol. The molecule has 0 aliphatic rings. The smallest absolute Gasteiger partial charge is 0.168 e. The van der Waals surface area contributed by atoms with Crippen LogP contribution in [-0.2, 0) is 0 Å². The summed E-state index contributed by atoms with van der Waals surface area (Å²) in [6.45, 7) is 0. The van der Waals surface area contributed by atoms with Gasteiger partial charge in [0, 0.05) is 74.1 Å². The third-order valence-electron chi connectivity index (χ3n) is 18.2. The minimum atomic E-state index is 0.416. The number of pyridine rings is 5. The molecule has 0 N–H and O–H groups in total. The van der Waals surface area contributed by atoms with E-state index in [1.807, 2.05) is 85.5 Å². The zero-order valence-corrected chi connectivity index (χ0v) is 50.2. The first-order valence-electron chi connectivity index (χ1n) is 31.3. The van der Waals surface area contributed by atoms with Crippen molar-refractivity contribution in [1.82, 2.24) is 58.1 Å². The summed E-state index contributed by atoms with van der Waals surface area (Å²) in [5, 5.41) is 3.89. The summed E-state index contributed by atoms with van der Waals surface area (Å²) >= 11 is 0. The third kappa shape index (κ3) is 8.12. The largest absolute Gasteiger partial charge is 0.306 e. The Bertz CT molecular complexity index is 5640. The first-order valence-corrected chi connectivity index (χ1v) is 31.3. The van der Waals surface area contributed by atoms with Gasteiger partial charge < -0.3 is 18.3 Å².